The molecule has 2 aromatic carbocycles. The quantitative estimate of drug-likeness (QED) is 0.887. The highest BCUT2D eigenvalue weighted by molar-refractivity contribution is 7.90. The van der Waals surface area contributed by atoms with Gasteiger partial charge in [-0.3, -0.25) is 0 Å². The number of carbonyl (C=O) groups excluding carboxylic acids is 1. The van der Waals surface area contributed by atoms with E-state index < -0.39 is 21.7 Å². The first-order valence-corrected chi connectivity index (χ1v) is 9.19. The Morgan fingerprint density at radius 1 is 1.12 bits per heavy atom. The van der Waals surface area contributed by atoms with Gasteiger partial charge in [-0.2, -0.15) is 0 Å². The summed E-state index contributed by atoms with van der Waals surface area (Å²) < 4.78 is 36.6. The van der Waals surface area contributed by atoms with Gasteiger partial charge in [-0.1, -0.05) is 18.2 Å². The third-order valence-corrected chi connectivity index (χ3v) is 4.66. The lowest BCUT2D eigenvalue weighted by molar-refractivity contribution is 0.249. The number of carbonyl (C=O) groups is 1. The predicted octanol–water partition coefficient (Wildman–Crippen LogP) is 3.42. The maximum Gasteiger partial charge on any atom is 0.319 e. The number of anilines is 1. The molecule has 0 saturated carbocycles. The normalized spacial score (nSPS) is 12.5. The molecule has 0 saturated heterocycles. The Morgan fingerprint density at radius 3 is 2.29 bits per heavy atom. The molecule has 0 radical (unpaired) electrons. The van der Waals surface area contributed by atoms with Crippen LogP contribution >= 0.6 is 0 Å². The topological polar surface area (TPSA) is 75.3 Å². The van der Waals surface area contributed by atoms with E-state index in [0.717, 1.165) is 17.4 Å². The Morgan fingerprint density at radius 2 is 1.75 bits per heavy atom. The molecule has 2 N–H and O–H groups in total. The minimum Gasteiger partial charge on any atom is -0.331 e. The molecule has 128 valence electrons. The fraction of sp³-hybridized carbons (Fsp3) is 0.235. The zero-order valence-corrected chi connectivity index (χ0v) is 14.4. The molecule has 24 heavy (non-hydrogen) atoms. The fourth-order valence-electron chi connectivity index (χ4n) is 2.16. The van der Waals surface area contributed by atoms with Gasteiger partial charge in [-0.05, 0) is 49.2 Å². The zero-order valence-electron chi connectivity index (χ0n) is 13.6. The molecule has 5 nitrogen and oxygen atoms in total. The summed E-state index contributed by atoms with van der Waals surface area (Å²) in [5.41, 5.74) is 1.59. The van der Waals surface area contributed by atoms with Crippen LogP contribution in [0.3, 0.4) is 0 Å². The molecule has 1 atom stereocenters. The Kier molecular flexibility index (Phi) is 5.23. The highest BCUT2D eigenvalue weighted by atomic mass is 32.2. The summed E-state index contributed by atoms with van der Waals surface area (Å²) in [5.74, 6) is -0.504. The van der Waals surface area contributed by atoms with Gasteiger partial charge in [0.25, 0.3) is 0 Å². The van der Waals surface area contributed by atoms with E-state index in [4.69, 9.17) is 0 Å². The first-order chi connectivity index (χ1) is 11.2. The highest BCUT2D eigenvalue weighted by Gasteiger charge is 2.13. The lowest BCUT2D eigenvalue weighted by Gasteiger charge is -2.16. The fourth-order valence-corrected chi connectivity index (χ4v) is 2.79. The molecule has 2 rings (SSSR count). The number of nitrogens with one attached hydrogen (secondary N) is 2. The molecule has 2 amide bonds. The molecule has 0 aliphatic carbocycles. The van der Waals surface area contributed by atoms with Gasteiger partial charge in [0.05, 0.1) is 16.6 Å². The van der Waals surface area contributed by atoms with Gasteiger partial charge in [0, 0.05) is 6.26 Å². The van der Waals surface area contributed by atoms with Crippen LogP contribution in [-0.2, 0) is 9.84 Å². The maximum atomic E-state index is 13.7. The number of sulfone groups is 1. The lowest BCUT2D eigenvalue weighted by atomic mass is 10.1. The number of amides is 2. The molecule has 0 bridgehead atoms. The first-order valence-electron chi connectivity index (χ1n) is 7.30. The Bertz CT molecular complexity index is 849. The molecular weight excluding hydrogens is 331 g/mol. The van der Waals surface area contributed by atoms with Gasteiger partial charge >= 0.3 is 6.03 Å². The van der Waals surface area contributed by atoms with E-state index >= 15 is 0 Å². The van der Waals surface area contributed by atoms with Crippen molar-refractivity contribution in [3.63, 3.8) is 0 Å². The SMILES string of the molecule is Cc1ccc(NC(=O)NC(C)c2ccc(S(C)(=O)=O)cc2)c(F)c1. The van der Waals surface area contributed by atoms with E-state index in [1.165, 1.54) is 24.3 Å². The van der Waals surface area contributed by atoms with Gasteiger partial charge in [0.1, 0.15) is 5.82 Å². The van der Waals surface area contributed by atoms with Crippen molar-refractivity contribution in [2.75, 3.05) is 11.6 Å². The van der Waals surface area contributed by atoms with Gasteiger partial charge < -0.3 is 10.6 Å². The summed E-state index contributed by atoms with van der Waals surface area (Å²) >= 11 is 0. The predicted molar refractivity (Wildman–Crippen MR) is 91.3 cm³/mol. The van der Waals surface area contributed by atoms with E-state index in [0.29, 0.717) is 0 Å². The van der Waals surface area contributed by atoms with Crippen molar-refractivity contribution in [1.82, 2.24) is 5.32 Å². The summed E-state index contributed by atoms with van der Waals surface area (Å²) in [5, 5.41) is 5.13. The van der Waals surface area contributed by atoms with E-state index in [-0.39, 0.29) is 16.6 Å². The van der Waals surface area contributed by atoms with Gasteiger partial charge in [0.15, 0.2) is 9.84 Å². The number of hydrogen-bond donors (Lipinski definition) is 2. The van der Waals surface area contributed by atoms with Crippen molar-refractivity contribution in [2.45, 2.75) is 24.8 Å². The largest absolute Gasteiger partial charge is 0.331 e. The molecule has 0 aliphatic rings. The first kappa shape index (κ1) is 17.9. The Hall–Kier alpha value is -2.41. The van der Waals surface area contributed by atoms with E-state index in [9.17, 15) is 17.6 Å². The molecule has 7 heteroatoms. The summed E-state index contributed by atoms with van der Waals surface area (Å²) in [4.78, 5) is 12.2. The van der Waals surface area contributed by atoms with Crippen LogP contribution in [0.5, 0.6) is 0 Å². The summed E-state index contributed by atoms with van der Waals surface area (Å²) in [7, 11) is -3.26. The monoisotopic (exact) mass is 350 g/mol. The van der Waals surface area contributed by atoms with Crippen LogP contribution in [0, 0.1) is 12.7 Å². The van der Waals surface area contributed by atoms with E-state index in [1.807, 2.05) is 0 Å². The molecule has 2 aromatic rings. The molecule has 0 fully saturated rings. The minimum atomic E-state index is -3.26. The average Bonchev–Trinajstić information content (AvgIpc) is 2.49. The number of rotatable bonds is 4. The van der Waals surface area contributed by atoms with Crippen molar-refractivity contribution in [2.24, 2.45) is 0 Å². The van der Waals surface area contributed by atoms with Crippen LogP contribution < -0.4 is 10.6 Å². The van der Waals surface area contributed by atoms with Crippen LogP contribution in [0.1, 0.15) is 24.1 Å². The lowest BCUT2D eigenvalue weighted by Crippen LogP contribution is -2.31. The minimum absolute atomic E-state index is 0.0951. The number of hydrogen-bond acceptors (Lipinski definition) is 3. The van der Waals surface area contributed by atoms with Crippen molar-refractivity contribution < 1.29 is 17.6 Å². The van der Waals surface area contributed by atoms with Crippen LogP contribution in [0.25, 0.3) is 0 Å². The number of halogens is 1. The van der Waals surface area contributed by atoms with Gasteiger partial charge in [0.2, 0.25) is 0 Å². The van der Waals surface area contributed by atoms with Crippen LogP contribution in [0.2, 0.25) is 0 Å². The second kappa shape index (κ2) is 7.00. The van der Waals surface area contributed by atoms with Crippen LogP contribution in [0.4, 0.5) is 14.9 Å². The van der Waals surface area contributed by atoms with Crippen molar-refractivity contribution in [3.8, 4) is 0 Å². The molecular formula is C17H19FN2O3S. The maximum absolute atomic E-state index is 13.7. The molecule has 0 heterocycles. The summed E-state index contributed by atoms with van der Waals surface area (Å²) in [6.07, 6.45) is 1.13. The van der Waals surface area contributed by atoms with E-state index in [1.54, 1.807) is 32.0 Å². The Balaban J connectivity index is 2.03. The zero-order chi connectivity index (χ0) is 17.9. The third-order valence-electron chi connectivity index (χ3n) is 3.53. The summed E-state index contributed by atoms with van der Waals surface area (Å²) in [6.45, 7) is 3.51. The number of benzene rings is 2. The van der Waals surface area contributed by atoms with Crippen LogP contribution in [0.15, 0.2) is 47.4 Å². The smallest absolute Gasteiger partial charge is 0.319 e. The van der Waals surface area contributed by atoms with Crippen molar-refractivity contribution >= 4 is 21.6 Å². The highest BCUT2D eigenvalue weighted by Crippen LogP contribution is 2.18. The van der Waals surface area contributed by atoms with Crippen molar-refractivity contribution in [1.29, 1.82) is 0 Å². The standard InChI is InChI=1S/C17H19FN2O3S/c1-11-4-9-16(15(18)10-11)20-17(21)19-12(2)13-5-7-14(8-6-13)24(3,22)23/h4-10,12H,1-3H3,(H2,19,20,21). The molecule has 1 unspecified atom stereocenters. The Labute approximate surface area is 140 Å². The molecule has 0 spiro atoms. The second-order valence-corrected chi connectivity index (χ2v) is 7.66. The van der Waals surface area contributed by atoms with Crippen LogP contribution in [-0.4, -0.2) is 20.7 Å². The second-order valence-electron chi connectivity index (χ2n) is 5.64. The number of urea groups is 1. The van der Waals surface area contributed by atoms with E-state index in [2.05, 4.69) is 10.6 Å². The third kappa shape index (κ3) is 4.55. The van der Waals surface area contributed by atoms with Gasteiger partial charge in [-0.25, -0.2) is 17.6 Å². The number of aryl methyl sites for hydroxylation is 1. The molecule has 0 aliphatic heterocycles. The molecule has 0 aromatic heterocycles. The summed E-state index contributed by atoms with van der Waals surface area (Å²) in [6, 6.07) is 9.86. The van der Waals surface area contributed by atoms with Gasteiger partial charge in [-0.15, -0.1) is 0 Å². The average molecular weight is 350 g/mol. The van der Waals surface area contributed by atoms with Crippen molar-refractivity contribution in [3.05, 3.63) is 59.4 Å².